The molecule has 3 nitrogen and oxygen atoms in total. The lowest BCUT2D eigenvalue weighted by Crippen LogP contribution is -2.50. The minimum absolute atomic E-state index is 0.0753. The fraction of sp³-hybridized carbons (Fsp3) is 0.462. The Morgan fingerprint density at radius 3 is 2.78 bits per heavy atom. The van der Waals surface area contributed by atoms with E-state index < -0.39 is 17.5 Å². The third-order valence-electron chi connectivity index (χ3n) is 3.03. The van der Waals surface area contributed by atoms with Gasteiger partial charge in [0.05, 0.1) is 24.3 Å². The van der Waals surface area contributed by atoms with Crippen molar-refractivity contribution in [3.63, 3.8) is 0 Å². The first kappa shape index (κ1) is 13.0. The standard InChI is InChI=1S/C13H15F2NO2/c1-8-7-18-9(2)6-16(8)13(17)11-4-3-10(14)5-12(11)15/h3-5,8-9H,6-7H2,1-2H3. The number of rotatable bonds is 1. The number of morpholine rings is 1. The van der Waals surface area contributed by atoms with Crippen LogP contribution in [0, 0.1) is 11.6 Å². The average molecular weight is 255 g/mol. The number of ether oxygens (including phenoxy) is 1. The van der Waals surface area contributed by atoms with Crippen molar-refractivity contribution in [3.8, 4) is 0 Å². The average Bonchev–Trinajstić information content (AvgIpc) is 2.31. The largest absolute Gasteiger partial charge is 0.375 e. The Kier molecular flexibility index (Phi) is 3.61. The summed E-state index contributed by atoms with van der Waals surface area (Å²) in [6, 6.07) is 2.88. The molecule has 2 unspecified atom stereocenters. The number of carbonyl (C=O) groups excluding carboxylic acids is 1. The first-order valence-electron chi connectivity index (χ1n) is 5.86. The molecule has 1 saturated heterocycles. The molecule has 1 heterocycles. The van der Waals surface area contributed by atoms with Crippen molar-refractivity contribution >= 4 is 5.91 Å². The van der Waals surface area contributed by atoms with Crippen LogP contribution in [0.2, 0.25) is 0 Å². The van der Waals surface area contributed by atoms with E-state index >= 15 is 0 Å². The summed E-state index contributed by atoms with van der Waals surface area (Å²) in [6.45, 7) is 4.53. The van der Waals surface area contributed by atoms with E-state index in [0.717, 1.165) is 12.1 Å². The molecule has 2 rings (SSSR count). The summed E-state index contributed by atoms with van der Waals surface area (Å²) in [4.78, 5) is 13.8. The lowest BCUT2D eigenvalue weighted by molar-refractivity contribution is -0.0388. The van der Waals surface area contributed by atoms with E-state index in [2.05, 4.69) is 0 Å². The van der Waals surface area contributed by atoms with Gasteiger partial charge in [0.1, 0.15) is 11.6 Å². The highest BCUT2D eigenvalue weighted by atomic mass is 19.1. The van der Waals surface area contributed by atoms with Crippen LogP contribution in [0.25, 0.3) is 0 Å². The fourth-order valence-corrected chi connectivity index (χ4v) is 2.00. The number of nitrogens with zero attached hydrogens (tertiary/aromatic N) is 1. The molecule has 1 fully saturated rings. The summed E-state index contributed by atoms with van der Waals surface area (Å²) in [5.74, 6) is -1.94. The van der Waals surface area contributed by atoms with Crippen molar-refractivity contribution < 1.29 is 18.3 Å². The van der Waals surface area contributed by atoms with Gasteiger partial charge in [-0.15, -0.1) is 0 Å². The zero-order valence-electron chi connectivity index (χ0n) is 10.3. The number of carbonyl (C=O) groups is 1. The molecule has 0 N–H and O–H groups in total. The summed E-state index contributed by atoms with van der Waals surface area (Å²) in [5.41, 5.74) is -0.0997. The highest BCUT2D eigenvalue weighted by molar-refractivity contribution is 5.94. The molecule has 0 aliphatic carbocycles. The number of amides is 1. The zero-order chi connectivity index (χ0) is 13.3. The second kappa shape index (κ2) is 5.02. The Hall–Kier alpha value is -1.49. The summed E-state index contributed by atoms with van der Waals surface area (Å²) in [7, 11) is 0. The molecule has 98 valence electrons. The van der Waals surface area contributed by atoms with E-state index in [1.807, 2.05) is 13.8 Å². The van der Waals surface area contributed by atoms with Gasteiger partial charge in [0.25, 0.3) is 5.91 Å². The van der Waals surface area contributed by atoms with Crippen LogP contribution in [0.1, 0.15) is 24.2 Å². The van der Waals surface area contributed by atoms with Crippen LogP contribution < -0.4 is 0 Å². The smallest absolute Gasteiger partial charge is 0.257 e. The highest BCUT2D eigenvalue weighted by Crippen LogP contribution is 2.18. The predicted octanol–water partition coefficient (Wildman–Crippen LogP) is 2.21. The van der Waals surface area contributed by atoms with E-state index in [0.29, 0.717) is 13.2 Å². The Labute approximate surface area is 104 Å². The van der Waals surface area contributed by atoms with E-state index in [1.54, 1.807) is 4.90 Å². The summed E-state index contributed by atoms with van der Waals surface area (Å²) in [5, 5.41) is 0. The molecule has 0 bridgehead atoms. The van der Waals surface area contributed by atoms with Crippen LogP contribution in [-0.4, -0.2) is 36.1 Å². The maximum Gasteiger partial charge on any atom is 0.257 e. The van der Waals surface area contributed by atoms with Gasteiger partial charge in [0, 0.05) is 12.6 Å². The minimum atomic E-state index is -0.827. The Morgan fingerprint density at radius 1 is 1.39 bits per heavy atom. The fourth-order valence-electron chi connectivity index (χ4n) is 2.00. The maximum atomic E-state index is 13.6. The molecule has 1 aliphatic rings. The molecular formula is C13H15F2NO2. The van der Waals surface area contributed by atoms with Gasteiger partial charge in [-0.1, -0.05) is 0 Å². The van der Waals surface area contributed by atoms with Crippen molar-refractivity contribution in [3.05, 3.63) is 35.4 Å². The van der Waals surface area contributed by atoms with E-state index in [1.165, 1.54) is 6.07 Å². The van der Waals surface area contributed by atoms with Gasteiger partial charge in [-0.2, -0.15) is 0 Å². The number of hydrogen-bond donors (Lipinski definition) is 0. The van der Waals surface area contributed by atoms with Gasteiger partial charge < -0.3 is 9.64 Å². The number of hydrogen-bond acceptors (Lipinski definition) is 2. The molecule has 1 aliphatic heterocycles. The van der Waals surface area contributed by atoms with Crippen LogP contribution in [0.4, 0.5) is 8.78 Å². The molecular weight excluding hydrogens is 240 g/mol. The SMILES string of the molecule is CC1CN(C(=O)c2ccc(F)cc2F)C(C)CO1. The number of benzene rings is 1. The van der Waals surface area contributed by atoms with E-state index in [4.69, 9.17) is 4.74 Å². The van der Waals surface area contributed by atoms with Crippen molar-refractivity contribution in [2.75, 3.05) is 13.2 Å². The second-order valence-electron chi connectivity index (χ2n) is 4.57. The predicted molar refractivity (Wildman–Crippen MR) is 62.3 cm³/mol. The van der Waals surface area contributed by atoms with Gasteiger partial charge in [0.15, 0.2) is 0 Å². The van der Waals surface area contributed by atoms with E-state index in [9.17, 15) is 13.6 Å². The topological polar surface area (TPSA) is 29.5 Å². The molecule has 18 heavy (non-hydrogen) atoms. The first-order valence-corrected chi connectivity index (χ1v) is 5.86. The van der Waals surface area contributed by atoms with Crippen molar-refractivity contribution in [1.29, 1.82) is 0 Å². The Morgan fingerprint density at radius 2 is 2.11 bits per heavy atom. The monoisotopic (exact) mass is 255 g/mol. The van der Waals surface area contributed by atoms with Crippen LogP contribution >= 0.6 is 0 Å². The van der Waals surface area contributed by atoms with Crippen LogP contribution in [0.15, 0.2) is 18.2 Å². The zero-order valence-corrected chi connectivity index (χ0v) is 10.3. The highest BCUT2D eigenvalue weighted by Gasteiger charge is 2.29. The van der Waals surface area contributed by atoms with Crippen molar-refractivity contribution in [2.45, 2.75) is 26.0 Å². The lowest BCUT2D eigenvalue weighted by Gasteiger charge is -2.36. The van der Waals surface area contributed by atoms with Gasteiger partial charge in [0.2, 0.25) is 0 Å². The third kappa shape index (κ3) is 2.51. The molecule has 2 atom stereocenters. The van der Waals surface area contributed by atoms with Crippen LogP contribution in [0.3, 0.4) is 0 Å². The molecule has 1 aromatic rings. The third-order valence-corrected chi connectivity index (χ3v) is 3.03. The Bertz CT molecular complexity index is 464. The normalized spacial score (nSPS) is 24.1. The molecule has 5 heteroatoms. The molecule has 0 radical (unpaired) electrons. The molecule has 1 amide bonds. The number of halogens is 2. The van der Waals surface area contributed by atoms with Crippen molar-refractivity contribution in [2.24, 2.45) is 0 Å². The van der Waals surface area contributed by atoms with Gasteiger partial charge >= 0.3 is 0 Å². The van der Waals surface area contributed by atoms with Crippen LogP contribution in [-0.2, 0) is 4.74 Å². The van der Waals surface area contributed by atoms with Crippen molar-refractivity contribution in [1.82, 2.24) is 4.90 Å². The lowest BCUT2D eigenvalue weighted by atomic mass is 10.1. The second-order valence-corrected chi connectivity index (χ2v) is 4.57. The summed E-state index contributed by atoms with van der Waals surface area (Å²) >= 11 is 0. The quantitative estimate of drug-likeness (QED) is 0.770. The Balaban J connectivity index is 2.24. The first-order chi connectivity index (χ1) is 8.49. The maximum absolute atomic E-state index is 13.6. The van der Waals surface area contributed by atoms with Crippen LogP contribution in [0.5, 0.6) is 0 Å². The minimum Gasteiger partial charge on any atom is -0.375 e. The van der Waals surface area contributed by atoms with Gasteiger partial charge in [-0.3, -0.25) is 4.79 Å². The summed E-state index contributed by atoms with van der Waals surface area (Å²) in [6.07, 6.45) is -0.0753. The van der Waals surface area contributed by atoms with E-state index in [-0.39, 0.29) is 17.7 Å². The molecule has 0 saturated carbocycles. The van der Waals surface area contributed by atoms with Gasteiger partial charge in [-0.05, 0) is 26.0 Å². The molecule has 0 spiro atoms. The molecule has 0 aromatic heterocycles. The summed E-state index contributed by atoms with van der Waals surface area (Å²) < 4.78 is 31.8. The van der Waals surface area contributed by atoms with Gasteiger partial charge in [-0.25, -0.2) is 8.78 Å². The molecule has 1 aromatic carbocycles.